The van der Waals surface area contributed by atoms with Gasteiger partial charge in [-0.2, -0.15) is 0 Å². The number of fused-ring (bicyclic) bond motifs is 1. The van der Waals surface area contributed by atoms with E-state index in [4.69, 9.17) is 4.74 Å². The molecular formula is C20H24N4O3S. The first-order valence-corrected chi connectivity index (χ1v) is 10.5. The van der Waals surface area contributed by atoms with Crippen molar-refractivity contribution in [2.75, 3.05) is 23.8 Å². The van der Waals surface area contributed by atoms with E-state index in [1.165, 1.54) is 11.3 Å². The Morgan fingerprint density at radius 3 is 3.11 bits per heavy atom. The Labute approximate surface area is 167 Å². The van der Waals surface area contributed by atoms with Gasteiger partial charge in [-0.15, -0.1) is 11.3 Å². The van der Waals surface area contributed by atoms with E-state index >= 15 is 0 Å². The molecule has 0 aliphatic carbocycles. The lowest BCUT2D eigenvalue weighted by atomic mass is 9.95. The van der Waals surface area contributed by atoms with E-state index in [1.54, 1.807) is 0 Å². The molecule has 1 saturated heterocycles. The van der Waals surface area contributed by atoms with Crippen LogP contribution in [-0.4, -0.2) is 36.2 Å². The van der Waals surface area contributed by atoms with Crippen LogP contribution in [0.1, 0.15) is 31.7 Å². The zero-order valence-corrected chi connectivity index (χ0v) is 16.6. The van der Waals surface area contributed by atoms with Crippen LogP contribution in [-0.2, 0) is 16.0 Å². The van der Waals surface area contributed by atoms with Gasteiger partial charge in [0.1, 0.15) is 0 Å². The molecule has 4 rings (SSSR count). The van der Waals surface area contributed by atoms with Crippen LogP contribution in [0.25, 0.3) is 11.3 Å². The number of aromatic nitrogens is 1. The van der Waals surface area contributed by atoms with Crippen LogP contribution in [0, 0.1) is 5.92 Å². The third-order valence-electron chi connectivity index (χ3n) is 5.28. The van der Waals surface area contributed by atoms with Gasteiger partial charge < -0.3 is 15.4 Å². The lowest BCUT2D eigenvalue weighted by Gasteiger charge is -2.28. The van der Waals surface area contributed by atoms with Gasteiger partial charge in [0.2, 0.25) is 5.91 Å². The molecule has 3 N–H and O–H groups in total. The summed E-state index contributed by atoms with van der Waals surface area (Å²) in [6.07, 6.45) is 3.35. The van der Waals surface area contributed by atoms with Gasteiger partial charge in [0.05, 0.1) is 12.3 Å². The Balaban J connectivity index is 1.37. The van der Waals surface area contributed by atoms with Crippen LogP contribution in [0.2, 0.25) is 0 Å². The monoisotopic (exact) mass is 400 g/mol. The molecule has 1 aromatic carbocycles. The van der Waals surface area contributed by atoms with E-state index < -0.39 is 0 Å². The number of urea groups is 1. The first-order valence-electron chi connectivity index (χ1n) is 9.62. The van der Waals surface area contributed by atoms with Crippen molar-refractivity contribution in [1.29, 1.82) is 0 Å². The van der Waals surface area contributed by atoms with Crippen LogP contribution in [0.5, 0.6) is 0 Å². The standard InChI is InChI=1S/C20H24N4O3S/c1-12(15-3-2-8-27-10-15)21-19(26)24-20-23-17(11-28-20)14-4-6-16-13(9-14)5-7-18(25)22-16/h4,6,9,11-12,15H,2-3,5,7-8,10H2,1H3,(H,22,25)(H2,21,23,24,26). The van der Waals surface area contributed by atoms with Crippen LogP contribution < -0.4 is 16.0 Å². The molecule has 0 radical (unpaired) electrons. The maximum Gasteiger partial charge on any atom is 0.321 e. The molecule has 2 aromatic rings. The highest BCUT2D eigenvalue weighted by Crippen LogP contribution is 2.30. The second-order valence-electron chi connectivity index (χ2n) is 7.32. The van der Waals surface area contributed by atoms with Crippen molar-refractivity contribution < 1.29 is 14.3 Å². The third-order valence-corrected chi connectivity index (χ3v) is 6.04. The zero-order valence-electron chi connectivity index (χ0n) is 15.8. The number of nitrogens with one attached hydrogen (secondary N) is 3. The number of benzene rings is 1. The van der Waals surface area contributed by atoms with Crippen molar-refractivity contribution in [3.8, 4) is 11.3 Å². The molecule has 1 aromatic heterocycles. The number of hydrogen-bond donors (Lipinski definition) is 3. The molecule has 0 saturated carbocycles. The third kappa shape index (κ3) is 4.34. The molecule has 0 spiro atoms. The first kappa shape index (κ1) is 18.9. The van der Waals surface area contributed by atoms with Crippen molar-refractivity contribution in [1.82, 2.24) is 10.3 Å². The van der Waals surface area contributed by atoms with Crippen LogP contribution >= 0.6 is 11.3 Å². The Morgan fingerprint density at radius 1 is 1.39 bits per heavy atom. The van der Waals surface area contributed by atoms with Gasteiger partial charge >= 0.3 is 6.03 Å². The van der Waals surface area contributed by atoms with E-state index in [1.807, 2.05) is 24.4 Å². The summed E-state index contributed by atoms with van der Waals surface area (Å²) in [5, 5.41) is 11.2. The summed E-state index contributed by atoms with van der Waals surface area (Å²) in [4.78, 5) is 28.3. The molecule has 1 fully saturated rings. The van der Waals surface area contributed by atoms with Gasteiger partial charge in [0, 0.05) is 41.6 Å². The van der Waals surface area contributed by atoms with Gasteiger partial charge in [-0.3, -0.25) is 10.1 Å². The summed E-state index contributed by atoms with van der Waals surface area (Å²) in [6, 6.07) is 5.71. The van der Waals surface area contributed by atoms with Crippen LogP contribution in [0.4, 0.5) is 15.6 Å². The highest BCUT2D eigenvalue weighted by atomic mass is 32.1. The summed E-state index contributed by atoms with van der Waals surface area (Å²) < 4.78 is 5.50. The predicted molar refractivity (Wildman–Crippen MR) is 110 cm³/mol. The van der Waals surface area contributed by atoms with E-state index in [0.29, 0.717) is 24.1 Å². The van der Waals surface area contributed by atoms with Gasteiger partial charge in [-0.25, -0.2) is 9.78 Å². The number of carbonyl (C=O) groups is 2. The van der Waals surface area contributed by atoms with Crippen molar-refractivity contribution >= 4 is 34.1 Å². The Hall–Kier alpha value is -2.45. The molecule has 3 amide bonds. The average Bonchev–Trinajstić information content (AvgIpc) is 3.16. The van der Waals surface area contributed by atoms with Crippen LogP contribution in [0.15, 0.2) is 23.6 Å². The molecule has 2 atom stereocenters. The van der Waals surface area contributed by atoms with Crippen molar-refractivity contribution in [3.63, 3.8) is 0 Å². The maximum atomic E-state index is 12.3. The summed E-state index contributed by atoms with van der Waals surface area (Å²) in [7, 11) is 0. The molecule has 8 heteroatoms. The van der Waals surface area contributed by atoms with Gasteiger partial charge in [0.25, 0.3) is 0 Å². The van der Waals surface area contributed by atoms with Gasteiger partial charge in [-0.05, 0) is 43.9 Å². The fourth-order valence-electron chi connectivity index (χ4n) is 3.62. The number of hydrogen-bond acceptors (Lipinski definition) is 5. The van der Waals surface area contributed by atoms with Crippen LogP contribution in [0.3, 0.4) is 0 Å². The first-order chi connectivity index (χ1) is 13.6. The molecular weight excluding hydrogens is 376 g/mol. The number of thiazole rings is 1. The fraction of sp³-hybridized carbons (Fsp3) is 0.450. The lowest BCUT2D eigenvalue weighted by molar-refractivity contribution is -0.116. The minimum Gasteiger partial charge on any atom is -0.381 e. The van der Waals surface area contributed by atoms with E-state index in [9.17, 15) is 9.59 Å². The molecule has 148 valence electrons. The highest BCUT2D eigenvalue weighted by molar-refractivity contribution is 7.14. The largest absolute Gasteiger partial charge is 0.381 e. The van der Waals surface area contributed by atoms with Crippen molar-refractivity contribution in [2.45, 2.75) is 38.6 Å². The average molecular weight is 401 g/mol. The molecule has 2 aliphatic heterocycles. The number of nitrogens with zero attached hydrogens (tertiary/aromatic N) is 1. The Kier molecular flexibility index (Phi) is 5.59. The SMILES string of the molecule is CC(NC(=O)Nc1nc(-c2ccc3c(c2)CCC(=O)N3)cs1)C1CCCOC1. The minimum absolute atomic E-state index is 0.0515. The number of carbonyl (C=O) groups excluding carboxylic acids is 2. The molecule has 7 nitrogen and oxygen atoms in total. The number of anilines is 2. The lowest BCUT2D eigenvalue weighted by Crippen LogP contribution is -2.43. The topological polar surface area (TPSA) is 92.4 Å². The number of aryl methyl sites for hydroxylation is 1. The maximum absolute atomic E-state index is 12.3. The second kappa shape index (κ2) is 8.28. The number of ether oxygens (including phenoxy) is 1. The second-order valence-corrected chi connectivity index (χ2v) is 8.18. The Bertz CT molecular complexity index is 876. The van der Waals surface area contributed by atoms with Gasteiger partial charge in [-0.1, -0.05) is 6.07 Å². The number of amides is 3. The summed E-state index contributed by atoms with van der Waals surface area (Å²) in [5.41, 5.74) is 3.77. The predicted octanol–water partition coefficient (Wildman–Crippen LogP) is 3.63. The van der Waals surface area contributed by atoms with E-state index in [0.717, 1.165) is 48.4 Å². The molecule has 2 unspecified atom stereocenters. The molecule has 0 bridgehead atoms. The number of rotatable bonds is 4. The summed E-state index contributed by atoms with van der Waals surface area (Å²) >= 11 is 1.40. The zero-order chi connectivity index (χ0) is 19.5. The molecule has 2 aliphatic rings. The van der Waals surface area contributed by atoms with E-state index in [2.05, 4.69) is 27.0 Å². The van der Waals surface area contributed by atoms with Crippen molar-refractivity contribution in [2.24, 2.45) is 5.92 Å². The Morgan fingerprint density at radius 2 is 2.29 bits per heavy atom. The summed E-state index contributed by atoms with van der Waals surface area (Å²) in [5.74, 6) is 0.405. The van der Waals surface area contributed by atoms with Gasteiger partial charge in [0.15, 0.2) is 5.13 Å². The normalized spacial score (nSPS) is 20.0. The minimum atomic E-state index is -0.243. The highest BCUT2D eigenvalue weighted by Gasteiger charge is 2.22. The molecule has 3 heterocycles. The fourth-order valence-corrected chi connectivity index (χ4v) is 4.34. The van der Waals surface area contributed by atoms with Crippen molar-refractivity contribution in [3.05, 3.63) is 29.1 Å². The quantitative estimate of drug-likeness (QED) is 0.731. The summed E-state index contributed by atoms with van der Waals surface area (Å²) in [6.45, 7) is 3.52. The smallest absolute Gasteiger partial charge is 0.321 e. The van der Waals surface area contributed by atoms with E-state index in [-0.39, 0.29) is 18.0 Å². The molecule has 28 heavy (non-hydrogen) atoms.